The molecule has 1 atom stereocenters. The number of benzene rings is 1. The van der Waals surface area contributed by atoms with E-state index in [0.717, 1.165) is 5.56 Å². The highest BCUT2D eigenvalue weighted by Gasteiger charge is 2.09. The number of hydrogen-bond donors (Lipinski definition) is 1. The van der Waals surface area contributed by atoms with Crippen LogP contribution in [0.4, 0.5) is 0 Å². The molecule has 0 radical (unpaired) electrons. The van der Waals surface area contributed by atoms with Crippen LogP contribution < -0.4 is 4.74 Å². The second kappa shape index (κ2) is 5.27. The lowest BCUT2D eigenvalue weighted by Crippen LogP contribution is -2.07. The molecule has 0 saturated heterocycles. The number of carbonyl (C=O) groups is 1. The van der Waals surface area contributed by atoms with Gasteiger partial charge in [0.05, 0.1) is 0 Å². The van der Waals surface area contributed by atoms with Gasteiger partial charge in [-0.25, -0.2) is 4.79 Å². The molecule has 0 fully saturated rings. The van der Waals surface area contributed by atoms with Crippen LogP contribution in [0.2, 0.25) is 0 Å². The first-order valence-corrected chi connectivity index (χ1v) is 5.45. The second-order valence-corrected chi connectivity index (χ2v) is 3.73. The van der Waals surface area contributed by atoms with E-state index < -0.39 is 5.97 Å². The molecule has 0 bridgehead atoms. The Labute approximate surface area is 104 Å². The van der Waals surface area contributed by atoms with Gasteiger partial charge >= 0.3 is 5.97 Å². The van der Waals surface area contributed by atoms with E-state index >= 15 is 0 Å². The predicted octanol–water partition coefficient (Wildman–Crippen LogP) is 2.31. The van der Waals surface area contributed by atoms with Crippen molar-refractivity contribution in [3.63, 3.8) is 0 Å². The van der Waals surface area contributed by atoms with Crippen molar-refractivity contribution in [2.24, 2.45) is 0 Å². The van der Waals surface area contributed by atoms with Crippen LogP contribution in [0.15, 0.2) is 42.5 Å². The van der Waals surface area contributed by atoms with Gasteiger partial charge in [0.2, 0.25) is 5.88 Å². The summed E-state index contributed by atoms with van der Waals surface area (Å²) in [5.41, 5.74) is 0.913. The highest BCUT2D eigenvalue weighted by Crippen LogP contribution is 2.18. The number of aromatic carboxylic acids is 1. The fraction of sp³-hybridized carbons (Fsp3) is 0.154. The van der Waals surface area contributed by atoms with Crippen molar-refractivity contribution < 1.29 is 14.6 Å². The normalized spacial score (nSPS) is 11.8. The van der Waals surface area contributed by atoms with Gasteiger partial charge in [0.15, 0.2) is 5.69 Å². The van der Waals surface area contributed by atoms with Crippen LogP contribution in [0.5, 0.6) is 5.88 Å². The SMILES string of the molecule is CC(Oc1ccc(C(=O)O)nn1)c1ccccc1. The molecule has 0 amide bonds. The van der Waals surface area contributed by atoms with Crippen molar-refractivity contribution in [2.45, 2.75) is 13.0 Å². The van der Waals surface area contributed by atoms with Crippen molar-refractivity contribution in [2.75, 3.05) is 0 Å². The van der Waals surface area contributed by atoms with Gasteiger partial charge in [0, 0.05) is 6.07 Å². The minimum Gasteiger partial charge on any atom is -0.476 e. The third-order valence-corrected chi connectivity index (χ3v) is 2.43. The van der Waals surface area contributed by atoms with Crippen molar-refractivity contribution in [1.82, 2.24) is 10.2 Å². The van der Waals surface area contributed by atoms with Crippen LogP contribution >= 0.6 is 0 Å². The second-order valence-electron chi connectivity index (χ2n) is 3.73. The van der Waals surface area contributed by atoms with Gasteiger partial charge in [-0.05, 0) is 18.6 Å². The molecule has 1 aromatic carbocycles. The average Bonchev–Trinajstić information content (AvgIpc) is 2.40. The van der Waals surface area contributed by atoms with E-state index in [0.29, 0.717) is 5.88 Å². The van der Waals surface area contributed by atoms with Crippen molar-refractivity contribution in [1.29, 1.82) is 0 Å². The average molecular weight is 244 g/mol. The van der Waals surface area contributed by atoms with E-state index in [9.17, 15) is 4.79 Å². The number of carboxylic acid groups (broad SMARTS) is 1. The fourth-order valence-electron chi connectivity index (χ4n) is 1.47. The fourth-order valence-corrected chi connectivity index (χ4v) is 1.47. The zero-order valence-electron chi connectivity index (χ0n) is 9.78. The summed E-state index contributed by atoms with van der Waals surface area (Å²) in [6.45, 7) is 1.89. The largest absolute Gasteiger partial charge is 0.476 e. The zero-order chi connectivity index (χ0) is 13.0. The van der Waals surface area contributed by atoms with Crippen molar-refractivity contribution in [3.8, 4) is 5.88 Å². The van der Waals surface area contributed by atoms with Gasteiger partial charge in [-0.1, -0.05) is 30.3 Å². The summed E-state index contributed by atoms with van der Waals surface area (Å²) >= 11 is 0. The molecule has 0 aliphatic carbocycles. The Kier molecular flexibility index (Phi) is 3.52. The number of ether oxygens (including phenoxy) is 1. The maximum atomic E-state index is 10.6. The summed E-state index contributed by atoms with van der Waals surface area (Å²) in [5.74, 6) is -0.804. The van der Waals surface area contributed by atoms with Crippen LogP contribution in [0.3, 0.4) is 0 Å². The van der Waals surface area contributed by atoms with Gasteiger partial charge in [-0.3, -0.25) is 0 Å². The highest BCUT2D eigenvalue weighted by atomic mass is 16.5. The van der Waals surface area contributed by atoms with Crippen LogP contribution in [0.25, 0.3) is 0 Å². The summed E-state index contributed by atoms with van der Waals surface area (Å²) in [4.78, 5) is 10.6. The number of carboxylic acids is 1. The molecular formula is C13H12N2O3. The molecule has 0 spiro atoms. The highest BCUT2D eigenvalue weighted by molar-refractivity contribution is 5.84. The summed E-state index contributed by atoms with van der Waals surface area (Å²) in [7, 11) is 0. The minimum atomic E-state index is -1.11. The van der Waals surface area contributed by atoms with Crippen LogP contribution in [0, 0.1) is 0 Å². The molecule has 18 heavy (non-hydrogen) atoms. The molecule has 1 unspecified atom stereocenters. The molecule has 5 nitrogen and oxygen atoms in total. The molecule has 0 aliphatic rings. The number of hydrogen-bond acceptors (Lipinski definition) is 4. The third kappa shape index (κ3) is 2.82. The lowest BCUT2D eigenvalue weighted by molar-refractivity contribution is 0.0688. The van der Waals surface area contributed by atoms with Crippen LogP contribution in [-0.4, -0.2) is 21.3 Å². The number of rotatable bonds is 4. The lowest BCUT2D eigenvalue weighted by Gasteiger charge is -2.13. The summed E-state index contributed by atoms with van der Waals surface area (Å²) in [6, 6.07) is 12.5. The monoisotopic (exact) mass is 244 g/mol. The quantitative estimate of drug-likeness (QED) is 0.893. The van der Waals surface area contributed by atoms with Gasteiger partial charge in [0.1, 0.15) is 6.10 Å². The van der Waals surface area contributed by atoms with Crippen molar-refractivity contribution in [3.05, 3.63) is 53.7 Å². The van der Waals surface area contributed by atoms with Gasteiger partial charge in [-0.15, -0.1) is 10.2 Å². The first kappa shape index (κ1) is 12.0. The Bertz CT molecular complexity index is 526. The topological polar surface area (TPSA) is 72.3 Å². The summed E-state index contributed by atoms with van der Waals surface area (Å²) < 4.78 is 5.57. The van der Waals surface area contributed by atoms with E-state index in [1.807, 2.05) is 37.3 Å². The number of aromatic nitrogens is 2. The van der Waals surface area contributed by atoms with Gasteiger partial charge < -0.3 is 9.84 Å². The number of nitrogens with zero attached hydrogens (tertiary/aromatic N) is 2. The first-order chi connectivity index (χ1) is 8.66. The molecular weight excluding hydrogens is 232 g/mol. The Morgan fingerprint density at radius 2 is 1.89 bits per heavy atom. The smallest absolute Gasteiger partial charge is 0.356 e. The summed E-state index contributed by atoms with van der Waals surface area (Å²) in [6.07, 6.45) is -0.170. The maximum absolute atomic E-state index is 10.6. The molecule has 1 aromatic heterocycles. The Hall–Kier alpha value is -2.43. The molecule has 0 aliphatic heterocycles. The molecule has 0 saturated carbocycles. The Balaban J connectivity index is 2.08. The summed E-state index contributed by atoms with van der Waals surface area (Å²) in [5, 5.41) is 16.0. The molecule has 2 aromatic rings. The lowest BCUT2D eigenvalue weighted by atomic mass is 10.1. The molecule has 1 N–H and O–H groups in total. The predicted molar refractivity (Wildman–Crippen MR) is 64.5 cm³/mol. The molecule has 1 heterocycles. The third-order valence-electron chi connectivity index (χ3n) is 2.43. The van der Waals surface area contributed by atoms with Gasteiger partial charge in [-0.2, -0.15) is 0 Å². The minimum absolute atomic E-state index is 0.102. The molecule has 92 valence electrons. The van der Waals surface area contributed by atoms with Crippen LogP contribution in [-0.2, 0) is 0 Å². The molecule has 2 rings (SSSR count). The van der Waals surface area contributed by atoms with E-state index in [1.165, 1.54) is 12.1 Å². The van der Waals surface area contributed by atoms with Crippen molar-refractivity contribution >= 4 is 5.97 Å². The van der Waals surface area contributed by atoms with E-state index in [1.54, 1.807) is 0 Å². The van der Waals surface area contributed by atoms with E-state index in [2.05, 4.69) is 10.2 Å². The van der Waals surface area contributed by atoms with E-state index in [4.69, 9.17) is 9.84 Å². The van der Waals surface area contributed by atoms with Crippen LogP contribution in [0.1, 0.15) is 29.1 Å². The standard InChI is InChI=1S/C13H12N2O3/c1-9(10-5-3-2-4-6-10)18-12-8-7-11(13(16)17)14-15-12/h2-9H,1H3,(H,16,17). The maximum Gasteiger partial charge on any atom is 0.356 e. The van der Waals surface area contributed by atoms with E-state index in [-0.39, 0.29) is 11.8 Å². The molecule has 5 heteroatoms. The Morgan fingerprint density at radius 1 is 1.17 bits per heavy atom. The Morgan fingerprint density at radius 3 is 2.44 bits per heavy atom. The zero-order valence-corrected chi connectivity index (χ0v) is 9.78. The first-order valence-electron chi connectivity index (χ1n) is 5.45. The van der Waals surface area contributed by atoms with Gasteiger partial charge in [0.25, 0.3) is 0 Å².